The van der Waals surface area contributed by atoms with Crippen LogP contribution in [0.5, 0.6) is 0 Å². The normalized spacial score (nSPS) is 14.1. The Morgan fingerprint density at radius 2 is 1.43 bits per heavy atom. The van der Waals surface area contributed by atoms with Crippen LogP contribution in [0.4, 0.5) is 23.0 Å². The average molecular weight is 395 g/mol. The van der Waals surface area contributed by atoms with E-state index in [0.717, 1.165) is 18.8 Å². The number of rotatable bonds is 6. The van der Waals surface area contributed by atoms with E-state index in [4.69, 9.17) is 0 Å². The van der Waals surface area contributed by atoms with Gasteiger partial charge in [0.05, 0.1) is 4.90 Å². The first-order chi connectivity index (χ1) is 13.6. The van der Waals surface area contributed by atoms with Crippen molar-refractivity contribution in [1.82, 2.24) is 10.2 Å². The van der Waals surface area contributed by atoms with Crippen LogP contribution in [0, 0.1) is 0 Å². The Balaban J connectivity index is 1.40. The van der Waals surface area contributed by atoms with Crippen molar-refractivity contribution >= 4 is 33.0 Å². The van der Waals surface area contributed by atoms with Crippen LogP contribution in [-0.2, 0) is 10.0 Å². The van der Waals surface area contributed by atoms with Crippen molar-refractivity contribution in [3.63, 3.8) is 0 Å². The Labute approximate surface area is 164 Å². The van der Waals surface area contributed by atoms with Gasteiger partial charge in [0.2, 0.25) is 0 Å². The Hall–Kier alpha value is -3.13. The summed E-state index contributed by atoms with van der Waals surface area (Å²) in [6, 6.07) is 19.6. The molecule has 4 rings (SSSR count). The molecule has 0 atom stereocenters. The summed E-state index contributed by atoms with van der Waals surface area (Å²) in [7, 11) is -3.68. The molecule has 0 spiro atoms. The second-order valence-electron chi connectivity index (χ2n) is 6.59. The standard InChI is InChI=1S/C20H21N5O2S/c26-28(27,18-6-2-1-3-7-18)24-20-13-12-19(22-23-20)21-16-8-10-17(11-9-16)25-14-4-5-15-25/h1-3,6-13H,4-5,14-15H2,(H,21,22)(H,23,24). The van der Waals surface area contributed by atoms with Crippen molar-refractivity contribution in [3.8, 4) is 0 Å². The number of benzene rings is 2. The zero-order valence-corrected chi connectivity index (χ0v) is 16.1. The summed E-state index contributed by atoms with van der Waals surface area (Å²) in [4.78, 5) is 2.55. The highest BCUT2D eigenvalue weighted by molar-refractivity contribution is 7.92. The molecule has 3 aromatic rings. The van der Waals surface area contributed by atoms with Gasteiger partial charge in [-0.25, -0.2) is 8.42 Å². The maximum atomic E-state index is 12.3. The molecule has 1 aromatic heterocycles. The third-order valence-electron chi connectivity index (χ3n) is 4.57. The minimum Gasteiger partial charge on any atom is -0.372 e. The van der Waals surface area contributed by atoms with Crippen LogP contribution in [0.1, 0.15) is 12.8 Å². The molecule has 0 unspecified atom stereocenters. The number of aromatic nitrogens is 2. The van der Waals surface area contributed by atoms with E-state index < -0.39 is 10.0 Å². The molecule has 0 amide bonds. The summed E-state index contributed by atoms with van der Waals surface area (Å²) in [5.74, 6) is 0.704. The molecular weight excluding hydrogens is 374 g/mol. The van der Waals surface area contributed by atoms with Crippen molar-refractivity contribution in [1.29, 1.82) is 0 Å². The van der Waals surface area contributed by atoms with Crippen LogP contribution in [0.3, 0.4) is 0 Å². The molecule has 2 heterocycles. The van der Waals surface area contributed by atoms with E-state index in [0.29, 0.717) is 5.82 Å². The van der Waals surface area contributed by atoms with Gasteiger partial charge in [0, 0.05) is 24.5 Å². The Morgan fingerprint density at radius 1 is 0.786 bits per heavy atom. The van der Waals surface area contributed by atoms with E-state index >= 15 is 0 Å². The molecular formula is C20H21N5O2S. The maximum Gasteiger partial charge on any atom is 0.263 e. The van der Waals surface area contributed by atoms with Gasteiger partial charge in [-0.3, -0.25) is 4.72 Å². The van der Waals surface area contributed by atoms with Gasteiger partial charge in [0.25, 0.3) is 10.0 Å². The number of sulfonamides is 1. The minimum absolute atomic E-state index is 0.166. The molecule has 0 bridgehead atoms. The Kier molecular flexibility index (Phi) is 5.12. The lowest BCUT2D eigenvalue weighted by Crippen LogP contribution is -2.17. The molecule has 28 heavy (non-hydrogen) atoms. The fourth-order valence-electron chi connectivity index (χ4n) is 3.13. The molecule has 1 saturated heterocycles. The van der Waals surface area contributed by atoms with Crippen molar-refractivity contribution in [2.24, 2.45) is 0 Å². The SMILES string of the molecule is O=S(=O)(Nc1ccc(Nc2ccc(N3CCCC3)cc2)nn1)c1ccccc1. The zero-order chi connectivity index (χ0) is 19.4. The van der Waals surface area contributed by atoms with Gasteiger partial charge in [-0.1, -0.05) is 18.2 Å². The zero-order valence-electron chi connectivity index (χ0n) is 15.2. The van der Waals surface area contributed by atoms with Crippen LogP contribution >= 0.6 is 0 Å². The predicted octanol–water partition coefficient (Wildman–Crippen LogP) is 3.62. The fourth-order valence-corrected chi connectivity index (χ4v) is 4.15. The van der Waals surface area contributed by atoms with Crippen LogP contribution in [0.15, 0.2) is 71.6 Å². The van der Waals surface area contributed by atoms with E-state index in [-0.39, 0.29) is 10.7 Å². The monoisotopic (exact) mass is 395 g/mol. The third kappa shape index (κ3) is 4.23. The maximum absolute atomic E-state index is 12.3. The molecule has 144 valence electrons. The Morgan fingerprint density at radius 3 is 2.07 bits per heavy atom. The molecule has 0 aliphatic carbocycles. The first-order valence-corrected chi connectivity index (χ1v) is 10.6. The molecule has 7 nitrogen and oxygen atoms in total. The van der Waals surface area contributed by atoms with Gasteiger partial charge in [0.15, 0.2) is 11.6 Å². The van der Waals surface area contributed by atoms with Gasteiger partial charge in [-0.05, 0) is 61.4 Å². The van der Waals surface area contributed by atoms with Crippen LogP contribution in [-0.4, -0.2) is 31.7 Å². The summed E-state index contributed by atoms with van der Waals surface area (Å²) in [6.07, 6.45) is 2.49. The highest BCUT2D eigenvalue weighted by Gasteiger charge is 2.14. The summed E-state index contributed by atoms with van der Waals surface area (Å²) < 4.78 is 27.1. The average Bonchev–Trinajstić information content (AvgIpc) is 3.25. The molecule has 1 fully saturated rings. The van der Waals surface area contributed by atoms with Gasteiger partial charge in [-0.15, -0.1) is 10.2 Å². The van der Waals surface area contributed by atoms with Crippen LogP contribution in [0.2, 0.25) is 0 Å². The number of nitrogens with zero attached hydrogens (tertiary/aromatic N) is 3. The molecule has 0 saturated carbocycles. The summed E-state index contributed by atoms with van der Waals surface area (Å²) in [6.45, 7) is 2.22. The first-order valence-electron chi connectivity index (χ1n) is 9.14. The Bertz CT molecular complexity index is 1020. The predicted molar refractivity (Wildman–Crippen MR) is 110 cm³/mol. The van der Waals surface area contributed by atoms with E-state index in [9.17, 15) is 8.42 Å². The summed E-state index contributed by atoms with van der Waals surface area (Å²) in [5.41, 5.74) is 2.12. The fraction of sp³-hybridized carbons (Fsp3) is 0.200. The quantitative estimate of drug-likeness (QED) is 0.663. The van der Waals surface area contributed by atoms with Crippen LogP contribution in [0.25, 0.3) is 0 Å². The van der Waals surface area contributed by atoms with Crippen molar-refractivity contribution in [2.45, 2.75) is 17.7 Å². The van der Waals surface area contributed by atoms with Crippen LogP contribution < -0.4 is 14.9 Å². The number of anilines is 4. The van der Waals surface area contributed by atoms with Crippen molar-refractivity contribution in [2.75, 3.05) is 28.0 Å². The molecule has 1 aliphatic rings. The molecule has 2 aromatic carbocycles. The van der Waals surface area contributed by atoms with Gasteiger partial charge in [0.1, 0.15) is 0 Å². The number of nitrogens with one attached hydrogen (secondary N) is 2. The summed E-state index contributed by atoms with van der Waals surface area (Å²) >= 11 is 0. The van der Waals surface area contributed by atoms with E-state index in [2.05, 4.69) is 37.3 Å². The smallest absolute Gasteiger partial charge is 0.263 e. The second-order valence-corrected chi connectivity index (χ2v) is 8.27. The molecule has 0 radical (unpaired) electrons. The molecule has 1 aliphatic heterocycles. The van der Waals surface area contributed by atoms with E-state index in [1.54, 1.807) is 30.3 Å². The van der Waals surface area contributed by atoms with Gasteiger partial charge < -0.3 is 10.2 Å². The molecule has 8 heteroatoms. The number of hydrogen-bond donors (Lipinski definition) is 2. The minimum atomic E-state index is -3.68. The van der Waals surface area contributed by atoms with Gasteiger partial charge in [-0.2, -0.15) is 0 Å². The lowest BCUT2D eigenvalue weighted by Gasteiger charge is -2.17. The van der Waals surface area contributed by atoms with Gasteiger partial charge >= 0.3 is 0 Å². The summed E-state index contributed by atoms with van der Waals surface area (Å²) in [5, 5.41) is 11.2. The number of hydrogen-bond acceptors (Lipinski definition) is 6. The third-order valence-corrected chi connectivity index (χ3v) is 5.94. The highest BCUT2D eigenvalue weighted by Crippen LogP contribution is 2.23. The van der Waals surface area contributed by atoms with Crippen molar-refractivity contribution < 1.29 is 8.42 Å². The topological polar surface area (TPSA) is 87.2 Å². The largest absolute Gasteiger partial charge is 0.372 e. The van der Waals surface area contributed by atoms with Crippen molar-refractivity contribution in [3.05, 3.63) is 66.7 Å². The molecule has 2 N–H and O–H groups in total. The lowest BCUT2D eigenvalue weighted by atomic mass is 10.2. The first kappa shape index (κ1) is 18.2. The lowest BCUT2D eigenvalue weighted by molar-refractivity contribution is 0.601. The highest BCUT2D eigenvalue weighted by atomic mass is 32.2. The van der Waals surface area contributed by atoms with E-state index in [1.807, 2.05) is 12.1 Å². The second kappa shape index (κ2) is 7.85. The van der Waals surface area contributed by atoms with E-state index in [1.165, 1.54) is 30.7 Å².